The van der Waals surface area contributed by atoms with Crippen LogP contribution in [0.4, 0.5) is 0 Å². The largest absolute Gasteiger partial charge is 0.462 e. The standard InChI is InChI=1S/C63H114O6/c1-4-7-10-13-16-19-22-25-28-30-32-34-35-38-41-44-47-50-53-56-62(65)68-59-60(58-67-61(64)55-52-49-46-43-40-37-27-24-21-18-15-12-9-6-3)69-63(66)57-54-51-48-45-42-39-36-33-31-29-26-23-20-17-14-11-8-5-2/h20,23-25,27-29,31,60H,4-19,21-22,26,30,32-59H2,1-3H3/b23-20-,27-24-,28-25-,31-29-. The summed E-state index contributed by atoms with van der Waals surface area (Å²) in [5.41, 5.74) is 0. The number of allylic oxidation sites excluding steroid dienone is 8. The van der Waals surface area contributed by atoms with E-state index in [1.807, 2.05) is 0 Å². The van der Waals surface area contributed by atoms with Crippen molar-refractivity contribution < 1.29 is 28.6 Å². The molecular formula is C63H114O6. The molecule has 0 radical (unpaired) electrons. The second-order valence-electron chi connectivity index (χ2n) is 20.2. The summed E-state index contributed by atoms with van der Waals surface area (Å²) in [5.74, 6) is -0.882. The Kier molecular flexibility index (Phi) is 55.7. The number of ether oxygens (including phenoxy) is 3. The van der Waals surface area contributed by atoms with Crippen LogP contribution in [0.3, 0.4) is 0 Å². The third-order valence-corrected chi connectivity index (χ3v) is 13.3. The molecule has 0 N–H and O–H groups in total. The van der Waals surface area contributed by atoms with E-state index < -0.39 is 6.10 Å². The normalized spacial score (nSPS) is 12.3. The van der Waals surface area contributed by atoms with Crippen molar-refractivity contribution >= 4 is 17.9 Å². The highest BCUT2D eigenvalue weighted by atomic mass is 16.6. The second-order valence-corrected chi connectivity index (χ2v) is 20.2. The molecule has 0 saturated heterocycles. The third kappa shape index (κ3) is 56.2. The van der Waals surface area contributed by atoms with Gasteiger partial charge in [-0.05, 0) is 103 Å². The molecule has 0 aromatic heterocycles. The number of rotatable bonds is 55. The van der Waals surface area contributed by atoms with Gasteiger partial charge in [-0.3, -0.25) is 14.4 Å². The van der Waals surface area contributed by atoms with Crippen LogP contribution in [0.1, 0.15) is 316 Å². The molecule has 0 bridgehead atoms. The summed E-state index contributed by atoms with van der Waals surface area (Å²) < 4.78 is 16.9. The maximum Gasteiger partial charge on any atom is 0.306 e. The van der Waals surface area contributed by atoms with Crippen LogP contribution in [0.25, 0.3) is 0 Å². The summed E-state index contributed by atoms with van der Waals surface area (Å²) in [6.45, 7) is 6.63. The highest BCUT2D eigenvalue weighted by molar-refractivity contribution is 5.71. The fourth-order valence-corrected chi connectivity index (χ4v) is 8.70. The van der Waals surface area contributed by atoms with E-state index in [1.165, 1.54) is 199 Å². The van der Waals surface area contributed by atoms with Crippen molar-refractivity contribution in [1.82, 2.24) is 0 Å². The quantitative estimate of drug-likeness (QED) is 0.0262. The Morgan fingerprint density at radius 1 is 0.290 bits per heavy atom. The van der Waals surface area contributed by atoms with Gasteiger partial charge < -0.3 is 14.2 Å². The predicted octanol–water partition coefficient (Wildman–Crippen LogP) is 20.2. The fourth-order valence-electron chi connectivity index (χ4n) is 8.70. The summed E-state index contributed by atoms with van der Waals surface area (Å²) in [5, 5.41) is 0. The molecule has 0 aromatic carbocycles. The van der Waals surface area contributed by atoms with E-state index in [-0.39, 0.29) is 31.1 Å². The Morgan fingerprint density at radius 3 is 0.826 bits per heavy atom. The smallest absolute Gasteiger partial charge is 0.306 e. The van der Waals surface area contributed by atoms with Crippen LogP contribution in [0.5, 0.6) is 0 Å². The number of esters is 3. The van der Waals surface area contributed by atoms with Crippen molar-refractivity contribution in [3.8, 4) is 0 Å². The van der Waals surface area contributed by atoms with Gasteiger partial charge in [-0.1, -0.05) is 243 Å². The van der Waals surface area contributed by atoms with Gasteiger partial charge in [0.05, 0.1) is 0 Å². The first-order chi connectivity index (χ1) is 34.0. The molecule has 0 amide bonds. The Morgan fingerprint density at radius 2 is 0.522 bits per heavy atom. The van der Waals surface area contributed by atoms with Crippen molar-refractivity contribution in [3.05, 3.63) is 48.6 Å². The maximum absolute atomic E-state index is 12.9. The van der Waals surface area contributed by atoms with E-state index in [2.05, 4.69) is 69.4 Å². The van der Waals surface area contributed by atoms with Crippen LogP contribution in [0.2, 0.25) is 0 Å². The molecule has 0 fully saturated rings. The molecule has 0 aliphatic heterocycles. The highest BCUT2D eigenvalue weighted by Gasteiger charge is 2.19. The van der Waals surface area contributed by atoms with Gasteiger partial charge in [0.25, 0.3) is 0 Å². The van der Waals surface area contributed by atoms with Gasteiger partial charge in [0, 0.05) is 19.3 Å². The van der Waals surface area contributed by atoms with Crippen molar-refractivity contribution in [2.45, 2.75) is 322 Å². The lowest BCUT2D eigenvalue weighted by Gasteiger charge is -2.18. The molecule has 0 aliphatic rings. The minimum atomic E-state index is -0.781. The Hall–Kier alpha value is -2.63. The molecule has 1 unspecified atom stereocenters. The van der Waals surface area contributed by atoms with E-state index in [9.17, 15) is 14.4 Å². The van der Waals surface area contributed by atoms with E-state index in [1.54, 1.807) is 0 Å². The average Bonchev–Trinajstić information content (AvgIpc) is 3.35. The van der Waals surface area contributed by atoms with Crippen molar-refractivity contribution in [2.24, 2.45) is 0 Å². The summed E-state index contributed by atoms with van der Waals surface area (Å²) in [6, 6.07) is 0. The number of hydrogen-bond donors (Lipinski definition) is 0. The Balaban J connectivity index is 4.36. The van der Waals surface area contributed by atoms with Crippen molar-refractivity contribution in [2.75, 3.05) is 13.2 Å². The molecule has 1 atom stereocenters. The Bertz CT molecular complexity index is 1200. The van der Waals surface area contributed by atoms with Crippen LogP contribution in [-0.4, -0.2) is 37.2 Å². The van der Waals surface area contributed by atoms with E-state index in [4.69, 9.17) is 14.2 Å². The van der Waals surface area contributed by atoms with Gasteiger partial charge >= 0.3 is 17.9 Å². The molecule has 0 heterocycles. The van der Waals surface area contributed by atoms with Gasteiger partial charge in [-0.15, -0.1) is 0 Å². The predicted molar refractivity (Wildman–Crippen MR) is 298 cm³/mol. The molecular weight excluding hydrogens is 853 g/mol. The molecule has 0 saturated carbocycles. The van der Waals surface area contributed by atoms with Gasteiger partial charge in [0.2, 0.25) is 0 Å². The van der Waals surface area contributed by atoms with Gasteiger partial charge in [0.1, 0.15) is 13.2 Å². The number of carbonyl (C=O) groups excluding carboxylic acids is 3. The van der Waals surface area contributed by atoms with Gasteiger partial charge in [-0.25, -0.2) is 0 Å². The highest BCUT2D eigenvalue weighted by Crippen LogP contribution is 2.16. The van der Waals surface area contributed by atoms with Gasteiger partial charge in [0.15, 0.2) is 6.10 Å². The lowest BCUT2D eigenvalue weighted by molar-refractivity contribution is -0.167. The van der Waals surface area contributed by atoms with Crippen molar-refractivity contribution in [1.29, 1.82) is 0 Å². The summed E-state index contributed by atoms with van der Waals surface area (Å²) in [6.07, 6.45) is 71.0. The molecule has 0 spiro atoms. The summed E-state index contributed by atoms with van der Waals surface area (Å²) >= 11 is 0. The number of carbonyl (C=O) groups is 3. The third-order valence-electron chi connectivity index (χ3n) is 13.3. The minimum absolute atomic E-state index is 0.0783. The number of hydrogen-bond acceptors (Lipinski definition) is 6. The molecule has 69 heavy (non-hydrogen) atoms. The van der Waals surface area contributed by atoms with Crippen LogP contribution in [0.15, 0.2) is 48.6 Å². The molecule has 0 aliphatic carbocycles. The summed E-state index contributed by atoms with van der Waals surface area (Å²) in [4.78, 5) is 38.2. The first kappa shape index (κ1) is 66.4. The average molecular weight is 968 g/mol. The van der Waals surface area contributed by atoms with Gasteiger partial charge in [-0.2, -0.15) is 0 Å². The van der Waals surface area contributed by atoms with Crippen LogP contribution < -0.4 is 0 Å². The zero-order chi connectivity index (χ0) is 50.0. The first-order valence-corrected chi connectivity index (χ1v) is 30.1. The SMILES string of the molecule is CCCCCC/C=C\C/C=C\CCCCCCCCCC(=O)OC(COC(=O)CCCCCCC/C=C\CCCCCCC)COC(=O)CCCCCCCCCCC/C=C\CCCCCCCC. The molecule has 0 aromatic rings. The molecule has 6 heteroatoms. The zero-order valence-electron chi connectivity index (χ0n) is 46.1. The fraction of sp³-hybridized carbons (Fsp3) is 0.825. The van der Waals surface area contributed by atoms with Crippen molar-refractivity contribution in [3.63, 3.8) is 0 Å². The lowest BCUT2D eigenvalue weighted by atomic mass is 10.1. The lowest BCUT2D eigenvalue weighted by Crippen LogP contribution is -2.30. The molecule has 0 rings (SSSR count). The van der Waals surface area contributed by atoms with Crippen LogP contribution >= 0.6 is 0 Å². The topological polar surface area (TPSA) is 78.9 Å². The minimum Gasteiger partial charge on any atom is -0.462 e. The van der Waals surface area contributed by atoms with Crippen LogP contribution in [-0.2, 0) is 28.6 Å². The monoisotopic (exact) mass is 967 g/mol. The summed E-state index contributed by atoms with van der Waals surface area (Å²) in [7, 11) is 0. The first-order valence-electron chi connectivity index (χ1n) is 30.1. The van der Waals surface area contributed by atoms with Crippen LogP contribution in [0, 0.1) is 0 Å². The maximum atomic E-state index is 12.9. The van der Waals surface area contributed by atoms with E-state index in [0.29, 0.717) is 19.3 Å². The Labute approximate surface area is 428 Å². The second kappa shape index (κ2) is 57.9. The van der Waals surface area contributed by atoms with E-state index >= 15 is 0 Å². The number of unbranched alkanes of at least 4 members (excludes halogenated alkanes) is 36. The van der Waals surface area contributed by atoms with E-state index in [0.717, 1.165) is 77.0 Å². The molecule has 402 valence electrons. The molecule has 6 nitrogen and oxygen atoms in total. The zero-order valence-corrected chi connectivity index (χ0v) is 46.1.